The van der Waals surface area contributed by atoms with Crippen LogP contribution in [0.1, 0.15) is 24.9 Å². The van der Waals surface area contributed by atoms with Crippen molar-refractivity contribution in [2.24, 2.45) is 0 Å². The van der Waals surface area contributed by atoms with E-state index in [1.54, 1.807) is 6.92 Å². The van der Waals surface area contributed by atoms with Gasteiger partial charge in [-0.3, -0.25) is 4.79 Å². The van der Waals surface area contributed by atoms with Gasteiger partial charge in [0.2, 0.25) is 5.91 Å². The Hall–Kier alpha value is -1.51. The van der Waals surface area contributed by atoms with E-state index in [1.165, 1.54) is 5.56 Å². The van der Waals surface area contributed by atoms with Crippen LogP contribution in [0, 0.1) is 0 Å². The number of carbonyl (C=O) groups is 1. The highest BCUT2D eigenvalue weighted by Gasteiger charge is 2.24. The summed E-state index contributed by atoms with van der Waals surface area (Å²) in [6.07, 6.45) is 0.979. The van der Waals surface area contributed by atoms with E-state index in [0.717, 1.165) is 18.7 Å². The average Bonchev–Trinajstić information content (AvgIpc) is 2.27. The van der Waals surface area contributed by atoms with Crippen LogP contribution in [0.25, 0.3) is 0 Å². The van der Waals surface area contributed by atoms with Crippen LogP contribution < -0.4 is 5.32 Å². The third kappa shape index (κ3) is 1.82. The standard InChI is InChI=1S/C12H16N2O/c1-9(15)14(2)12-7-8-13-11-6-4-3-5-10(11)12/h3-6,12-13H,7-8H2,1-2H3. The van der Waals surface area contributed by atoms with E-state index >= 15 is 0 Å². The van der Waals surface area contributed by atoms with Crippen molar-refractivity contribution in [2.45, 2.75) is 19.4 Å². The molecule has 2 rings (SSSR count). The smallest absolute Gasteiger partial charge is 0.219 e. The molecule has 0 aliphatic carbocycles. The second kappa shape index (κ2) is 3.93. The molecule has 0 fully saturated rings. The van der Waals surface area contributed by atoms with Crippen molar-refractivity contribution >= 4 is 11.6 Å². The molecule has 1 aromatic carbocycles. The van der Waals surface area contributed by atoms with E-state index in [2.05, 4.69) is 17.4 Å². The first-order chi connectivity index (χ1) is 7.20. The highest BCUT2D eigenvalue weighted by Crippen LogP contribution is 2.32. The van der Waals surface area contributed by atoms with E-state index in [0.29, 0.717) is 0 Å². The molecule has 1 amide bonds. The van der Waals surface area contributed by atoms with Crippen LogP contribution >= 0.6 is 0 Å². The summed E-state index contributed by atoms with van der Waals surface area (Å²) in [7, 11) is 1.87. The molecule has 1 aliphatic heterocycles. The molecule has 0 saturated heterocycles. The first kappa shape index (κ1) is 10.0. The number of carbonyl (C=O) groups excluding carboxylic acids is 1. The molecule has 0 bridgehead atoms. The van der Waals surface area contributed by atoms with Gasteiger partial charge in [-0.1, -0.05) is 18.2 Å². The average molecular weight is 204 g/mol. The minimum Gasteiger partial charge on any atom is -0.385 e. The fraction of sp³-hybridized carbons (Fsp3) is 0.417. The Morgan fingerprint density at radius 1 is 1.47 bits per heavy atom. The van der Waals surface area contributed by atoms with Gasteiger partial charge in [0, 0.05) is 26.2 Å². The van der Waals surface area contributed by atoms with Crippen LogP contribution in [0.3, 0.4) is 0 Å². The topological polar surface area (TPSA) is 32.3 Å². The fourth-order valence-corrected chi connectivity index (χ4v) is 2.07. The summed E-state index contributed by atoms with van der Waals surface area (Å²) in [6, 6.07) is 8.41. The number of anilines is 1. The Morgan fingerprint density at radius 2 is 2.20 bits per heavy atom. The molecule has 1 aromatic rings. The Kier molecular flexibility index (Phi) is 2.62. The number of nitrogens with one attached hydrogen (secondary N) is 1. The lowest BCUT2D eigenvalue weighted by Gasteiger charge is -2.33. The van der Waals surface area contributed by atoms with E-state index in [-0.39, 0.29) is 11.9 Å². The van der Waals surface area contributed by atoms with Crippen LogP contribution in [-0.4, -0.2) is 24.4 Å². The number of rotatable bonds is 1. The number of hydrogen-bond acceptors (Lipinski definition) is 2. The van der Waals surface area contributed by atoms with E-state index in [9.17, 15) is 4.79 Å². The molecule has 15 heavy (non-hydrogen) atoms. The third-order valence-electron chi connectivity index (χ3n) is 3.02. The zero-order valence-corrected chi connectivity index (χ0v) is 9.16. The maximum atomic E-state index is 11.4. The second-order valence-electron chi connectivity index (χ2n) is 3.95. The highest BCUT2D eigenvalue weighted by molar-refractivity contribution is 5.74. The number of fused-ring (bicyclic) bond motifs is 1. The summed E-state index contributed by atoms with van der Waals surface area (Å²) < 4.78 is 0. The van der Waals surface area contributed by atoms with Crippen LogP contribution in [-0.2, 0) is 4.79 Å². The largest absolute Gasteiger partial charge is 0.385 e. The van der Waals surface area contributed by atoms with Gasteiger partial charge in [0.1, 0.15) is 0 Å². The van der Waals surface area contributed by atoms with Gasteiger partial charge in [0.25, 0.3) is 0 Å². The minimum absolute atomic E-state index is 0.122. The lowest BCUT2D eigenvalue weighted by Crippen LogP contribution is -2.33. The lowest BCUT2D eigenvalue weighted by molar-refractivity contribution is -0.129. The molecule has 1 aliphatic rings. The van der Waals surface area contributed by atoms with Gasteiger partial charge in [-0.2, -0.15) is 0 Å². The van der Waals surface area contributed by atoms with Gasteiger partial charge in [0.15, 0.2) is 0 Å². The molecule has 1 heterocycles. The summed E-state index contributed by atoms with van der Waals surface area (Å²) in [4.78, 5) is 13.2. The molecular weight excluding hydrogens is 188 g/mol. The molecule has 0 spiro atoms. The molecule has 1 atom stereocenters. The van der Waals surface area contributed by atoms with Crippen LogP contribution in [0.2, 0.25) is 0 Å². The molecular formula is C12H16N2O. The zero-order valence-electron chi connectivity index (χ0n) is 9.16. The van der Waals surface area contributed by atoms with Crippen LogP contribution in [0.15, 0.2) is 24.3 Å². The molecule has 1 unspecified atom stereocenters. The van der Waals surface area contributed by atoms with Crippen molar-refractivity contribution in [2.75, 3.05) is 18.9 Å². The van der Waals surface area contributed by atoms with Gasteiger partial charge in [0.05, 0.1) is 6.04 Å². The maximum absolute atomic E-state index is 11.4. The Bertz CT molecular complexity index is 376. The van der Waals surface area contributed by atoms with Gasteiger partial charge in [-0.05, 0) is 18.1 Å². The molecule has 0 saturated carbocycles. The predicted octanol–water partition coefficient (Wildman–Crippen LogP) is 2.02. The zero-order chi connectivity index (χ0) is 10.8. The Balaban J connectivity index is 2.33. The minimum atomic E-state index is 0.122. The number of para-hydroxylation sites is 1. The summed E-state index contributed by atoms with van der Waals surface area (Å²) in [6.45, 7) is 2.55. The number of nitrogens with zero attached hydrogens (tertiary/aromatic N) is 1. The van der Waals surface area contributed by atoms with Gasteiger partial charge < -0.3 is 10.2 Å². The lowest BCUT2D eigenvalue weighted by atomic mass is 9.97. The SMILES string of the molecule is CC(=O)N(C)C1CCNc2ccccc21. The van der Waals surface area contributed by atoms with Gasteiger partial charge >= 0.3 is 0 Å². The van der Waals surface area contributed by atoms with Crippen LogP contribution in [0.4, 0.5) is 5.69 Å². The first-order valence-corrected chi connectivity index (χ1v) is 5.26. The Labute approximate surface area is 90.1 Å². The summed E-state index contributed by atoms with van der Waals surface area (Å²) >= 11 is 0. The van der Waals surface area contributed by atoms with Gasteiger partial charge in [-0.25, -0.2) is 0 Å². The summed E-state index contributed by atoms with van der Waals surface area (Å²) in [5, 5.41) is 3.35. The molecule has 3 nitrogen and oxygen atoms in total. The van der Waals surface area contributed by atoms with Gasteiger partial charge in [-0.15, -0.1) is 0 Å². The number of amides is 1. The Morgan fingerprint density at radius 3 is 2.93 bits per heavy atom. The number of benzene rings is 1. The van der Waals surface area contributed by atoms with Crippen molar-refractivity contribution in [1.29, 1.82) is 0 Å². The molecule has 1 N–H and O–H groups in total. The van der Waals surface area contributed by atoms with E-state index in [4.69, 9.17) is 0 Å². The monoisotopic (exact) mass is 204 g/mol. The third-order valence-corrected chi connectivity index (χ3v) is 3.02. The predicted molar refractivity (Wildman–Crippen MR) is 60.7 cm³/mol. The summed E-state index contributed by atoms with van der Waals surface area (Å²) in [5.74, 6) is 0.122. The fourth-order valence-electron chi connectivity index (χ4n) is 2.07. The van der Waals surface area contributed by atoms with E-state index < -0.39 is 0 Å². The van der Waals surface area contributed by atoms with Crippen molar-refractivity contribution < 1.29 is 4.79 Å². The normalized spacial score (nSPS) is 18.9. The quantitative estimate of drug-likeness (QED) is 0.759. The molecule has 80 valence electrons. The van der Waals surface area contributed by atoms with Crippen molar-refractivity contribution in [3.63, 3.8) is 0 Å². The number of hydrogen-bond donors (Lipinski definition) is 1. The van der Waals surface area contributed by atoms with Crippen molar-refractivity contribution in [3.05, 3.63) is 29.8 Å². The molecule has 0 radical (unpaired) electrons. The highest BCUT2D eigenvalue weighted by atomic mass is 16.2. The molecule has 3 heteroatoms. The second-order valence-corrected chi connectivity index (χ2v) is 3.95. The maximum Gasteiger partial charge on any atom is 0.219 e. The van der Waals surface area contributed by atoms with E-state index in [1.807, 2.05) is 24.1 Å². The molecule has 0 aromatic heterocycles. The van der Waals surface area contributed by atoms with Crippen LogP contribution in [0.5, 0.6) is 0 Å². The first-order valence-electron chi connectivity index (χ1n) is 5.26. The summed E-state index contributed by atoms with van der Waals surface area (Å²) in [5.41, 5.74) is 2.38. The van der Waals surface area contributed by atoms with Crippen molar-refractivity contribution in [3.8, 4) is 0 Å². The van der Waals surface area contributed by atoms with Crippen molar-refractivity contribution in [1.82, 2.24) is 4.90 Å².